The van der Waals surface area contributed by atoms with Gasteiger partial charge in [0.1, 0.15) is 11.8 Å². The predicted molar refractivity (Wildman–Crippen MR) is 239 cm³/mol. The number of rotatable bonds is 7. The molecule has 0 N–H and O–H groups in total. The van der Waals surface area contributed by atoms with Gasteiger partial charge in [0.25, 0.3) is 0 Å². The molecule has 286 valence electrons. The van der Waals surface area contributed by atoms with Gasteiger partial charge in [-0.25, -0.2) is 24.8 Å². The van der Waals surface area contributed by atoms with E-state index in [0.717, 1.165) is 67.5 Å². The second-order valence-corrected chi connectivity index (χ2v) is 17.2. The Morgan fingerprint density at radius 2 is 1.00 bits per heavy atom. The maximum Gasteiger partial charge on any atom is 0.187 e. The molecule has 0 atom stereocenters. The molecule has 0 aliphatic heterocycles. The summed E-state index contributed by atoms with van der Waals surface area (Å²) in [6.45, 7) is 7.37. The van der Waals surface area contributed by atoms with Crippen molar-refractivity contribution in [1.29, 1.82) is 5.26 Å². The monoisotopic (exact) mass is 772 g/mol. The fourth-order valence-electron chi connectivity index (χ4n) is 11.0. The standard InChI is InChI=1S/C54H40N6/c1-56-46-22-18-39(19-23-46)41-6-4-8-43(27-41)52-58-51(59-53(60-52)44-9-5-7-42(28-44)49-33-57-50(32-55)48-11-3-2-10-47(48)49)40-14-12-37(13-15-40)38-16-20-45(21-17-38)54-29-34-24-35(30-54)26-36(25-34)31-54/h2-23,27-28,33-36H,24-26,29-31H2. The van der Waals surface area contributed by atoms with Crippen LogP contribution in [0.15, 0.2) is 152 Å². The van der Waals surface area contributed by atoms with Crippen molar-refractivity contribution in [3.63, 3.8) is 0 Å². The minimum Gasteiger partial charge on any atom is -0.244 e. The van der Waals surface area contributed by atoms with Crippen LogP contribution in [0.2, 0.25) is 0 Å². The Morgan fingerprint density at radius 3 is 1.60 bits per heavy atom. The molecule has 0 radical (unpaired) electrons. The third kappa shape index (κ3) is 6.42. The number of fused-ring (bicyclic) bond motifs is 1. The highest BCUT2D eigenvalue weighted by molar-refractivity contribution is 5.98. The van der Waals surface area contributed by atoms with Crippen LogP contribution in [-0.2, 0) is 5.41 Å². The second kappa shape index (κ2) is 14.5. The van der Waals surface area contributed by atoms with E-state index >= 15 is 0 Å². The maximum absolute atomic E-state index is 9.75. The van der Waals surface area contributed by atoms with Crippen LogP contribution < -0.4 is 0 Å². The summed E-state index contributed by atoms with van der Waals surface area (Å²) in [7, 11) is 0. The Labute approximate surface area is 350 Å². The van der Waals surface area contributed by atoms with Gasteiger partial charge in [-0.05, 0) is 113 Å². The number of hydrogen-bond donors (Lipinski definition) is 0. The zero-order valence-corrected chi connectivity index (χ0v) is 33.1. The minimum atomic E-state index is 0.389. The number of aromatic nitrogens is 4. The van der Waals surface area contributed by atoms with Gasteiger partial charge in [0.15, 0.2) is 23.2 Å². The van der Waals surface area contributed by atoms with E-state index in [2.05, 4.69) is 88.7 Å². The molecule has 4 saturated carbocycles. The van der Waals surface area contributed by atoms with Gasteiger partial charge in [0, 0.05) is 33.8 Å². The van der Waals surface area contributed by atoms with Gasteiger partial charge in [-0.2, -0.15) is 5.26 Å². The van der Waals surface area contributed by atoms with Crippen LogP contribution in [0.1, 0.15) is 49.8 Å². The number of benzene rings is 6. The van der Waals surface area contributed by atoms with E-state index < -0.39 is 0 Å². The maximum atomic E-state index is 9.75. The summed E-state index contributed by atoms with van der Waals surface area (Å²) in [5, 5.41) is 11.5. The van der Waals surface area contributed by atoms with Crippen molar-refractivity contribution in [2.75, 3.05) is 0 Å². The van der Waals surface area contributed by atoms with Crippen molar-refractivity contribution >= 4 is 16.5 Å². The summed E-state index contributed by atoms with van der Waals surface area (Å²) in [5.74, 6) is 4.49. The molecule has 2 heterocycles. The Kier molecular flexibility index (Phi) is 8.68. The number of nitriles is 1. The average molecular weight is 773 g/mol. The molecule has 8 aromatic rings. The van der Waals surface area contributed by atoms with Gasteiger partial charge in [-0.3, -0.25) is 0 Å². The molecule has 12 rings (SSSR count). The molecule has 6 heteroatoms. The molecular formula is C54H40N6. The van der Waals surface area contributed by atoms with E-state index in [1.54, 1.807) is 11.8 Å². The minimum absolute atomic E-state index is 0.389. The summed E-state index contributed by atoms with van der Waals surface area (Å²) in [6.07, 6.45) is 10.3. The Hall–Kier alpha value is -7.28. The summed E-state index contributed by atoms with van der Waals surface area (Å²) in [4.78, 5) is 23.4. The fraction of sp³-hybridized carbons (Fsp3) is 0.185. The molecule has 6 nitrogen and oxygen atoms in total. The summed E-state index contributed by atoms with van der Waals surface area (Å²) < 4.78 is 0. The van der Waals surface area contributed by atoms with Crippen molar-refractivity contribution in [1.82, 2.24) is 19.9 Å². The molecule has 2 aromatic heterocycles. The van der Waals surface area contributed by atoms with E-state index in [0.29, 0.717) is 34.3 Å². The lowest BCUT2D eigenvalue weighted by molar-refractivity contribution is -0.00518. The molecule has 6 aromatic carbocycles. The van der Waals surface area contributed by atoms with E-state index in [4.69, 9.17) is 21.5 Å². The van der Waals surface area contributed by atoms with Crippen LogP contribution in [0.5, 0.6) is 0 Å². The van der Waals surface area contributed by atoms with Crippen molar-refractivity contribution in [2.24, 2.45) is 17.8 Å². The smallest absolute Gasteiger partial charge is 0.187 e. The first kappa shape index (κ1) is 35.8. The summed E-state index contributed by atoms with van der Waals surface area (Å²) >= 11 is 0. The highest BCUT2D eigenvalue weighted by Gasteiger charge is 2.51. The van der Waals surface area contributed by atoms with Crippen LogP contribution in [0.3, 0.4) is 0 Å². The predicted octanol–water partition coefficient (Wildman–Crippen LogP) is 13.3. The lowest BCUT2D eigenvalue weighted by atomic mass is 9.48. The number of pyridine rings is 1. The Morgan fingerprint density at radius 1 is 0.517 bits per heavy atom. The van der Waals surface area contributed by atoms with Crippen molar-refractivity contribution < 1.29 is 0 Å². The van der Waals surface area contributed by atoms with Crippen molar-refractivity contribution in [2.45, 2.75) is 43.9 Å². The van der Waals surface area contributed by atoms with E-state index in [1.807, 2.05) is 72.8 Å². The first-order valence-corrected chi connectivity index (χ1v) is 21.0. The first-order chi connectivity index (χ1) is 29.5. The lowest BCUT2D eigenvalue weighted by Gasteiger charge is -2.57. The van der Waals surface area contributed by atoms with Crippen molar-refractivity contribution in [3.8, 4) is 73.6 Å². The van der Waals surface area contributed by atoms with Gasteiger partial charge < -0.3 is 0 Å². The zero-order chi connectivity index (χ0) is 40.2. The molecule has 4 aliphatic rings. The van der Waals surface area contributed by atoms with Gasteiger partial charge in [-0.1, -0.05) is 133 Å². The molecular weight excluding hydrogens is 733 g/mol. The number of hydrogen-bond acceptors (Lipinski definition) is 5. The highest BCUT2D eigenvalue weighted by atomic mass is 15.0. The third-order valence-electron chi connectivity index (χ3n) is 13.4. The SMILES string of the molecule is [C-]#[N+]c1ccc(-c2cccc(-c3nc(-c4ccc(-c5ccc(C67CC8CC(CC(C8)C6)C7)cc5)cc4)nc(-c4cccc(-c5cnc(C#N)c6ccccc56)c4)n3)c2)cc1. The molecule has 0 saturated heterocycles. The molecule has 0 spiro atoms. The van der Waals surface area contributed by atoms with Crippen molar-refractivity contribution in [3.05, 3.63) is 174 Å². The molecule has 0 unspecified atom stereocenters. The summed E-state index contributed by atoms with van der Waals surface area (Å²) in [5.41, 5.74) is 11.8. The summed E-state index contributed by atoms with van der Waals surface area (Å²) in [6, 6.07) is 52.2. The van der Waals surface area contributed by atoms with Crippen LogP contribution >= 0.6 is 0 Å². The van der Waals surface area contributed by atoms with Crippen LogP contribution in [0.4, 0.5) is 5.69 Å². The zero-order valence-electron chi connectivity index (χ0n) is 33.1. The van der Waals surface area contributed by atoms with E-state index in [9.17, 15) is 5.26 Å². The fourth-order valence-corrected chi connectivity index (χ4v) is 11.0. The largest absolute Gasteiger partial charge is 0.244 e. The highest BCUT2D eigenvalue weighted by Crippen LogP contribution is 2.60. The topological polar surface area (TPSA) is 79.7 Å². The average Bonchev–Trinajstić information content (AvgIpc) is 3.31. The van der Waals surface area contributed by atoms with Gasteiger partial charge in [0.05, 0.1) is 6.57 Å². The van der Waals surface area contributed by atoms with Gasteiger partial charge in [-0.15, -0.1) is 0 Å². The second-order valence-electron chi connectivity index (χ2n) is 17.2. The Bertz CT molecular complexity index is 2990. The third-order valence-corrected chi connectivity index (χ3v) is 13.4. The Balaban J connectivity index is 0.965. The number of nitrogens with zero attached hydrogens (tertiary/aromatic N) is 6. The first-order valence-electron chi connectivity index (χ1n) is 21.0. The quantitative estimate of drug-likeness (QED) is 0.151. The molecule has 4 bridgehead atoms. The molecule has 4 fully saturated rings. The molecule has 0 amide bonds. The molecule has 4 aliphatic carbocycles. The lowest BCUT2D eigenvalue weighted by Crippen LogP contribution is -2.48. The van der Waals surface area contributed by atoms with E-state index in [-0.39, 0.29) is 0 Å². The van der Waals surface area contributed by atoms with Gasteiger partial charge in [0.2, 0.25) is 0 Å². The van der Waals surface area contributed by atoms with Crippen LogP contribution in [0.25, 0.3) is 83.2 Å². The van der Waals surface area contributed by atoms with E-state index in [1.165, 1.54) is 49.7 Å². The van der Waals surface area contributed by atoms with Crippen LogP contribution in [-0.4, -0.2) is 19.9 Å². The van der Waals surface area contributed by atoms with Gasteiger partial charge >= 0.3 is 0 Å². The normalized spacial score (nSPS) is 20.1. The van der Waals surface area contributed by atoms with Crippen LogP contribution in [0, 0.1) is 35.7 Å². The molecule has 60 heavy (non-hydrogen) atoms.